The molecule has 0 heterocycles. The van der Waals surface area contributed by atoms with E-state index >= 15 is 0 Å². The van der Waals surface area contributed by atoms with Gasteiger partial charge in [0.25, 0.3) is 0 Å². The molecule has 0 bridgehead atoms. The van der Waals surface area contributed by atoms with Gasteiger partial charge >= 0.3 is 0 Å². The van der Waals surface area contributed by atoms with Gasteiger partial charge in [0.15, 0.2) is 12.1 Å². The molecule has 0 aliphatic rings. The van der Waals surface area contributed by atoms with Gasteiger partial charge in [-0.05, 0) is 28.1 Å². The second kappa shape index (κ2) is 5.34. The van der Waals surface area contributed by atoms with Gasteiger partial charge in [0, 0.05) is 18.4 Å². The third kappa shape index (κ3) is 3.70. The molecule has 0 aromatic heterocycles. The molecule has 0 aliphatic carbocycles. The van der Waals surface area contributed by atoms with E-state index in [0.717, 1.165) is 6.07 Å². The minimum absolute atomic E-state index is 0.0151. The molecule has 0 aliphatic heterocycles. The van der Waals surface area contributed by atoms with Crippen LogP contribution in [0, 0.1) is 5.82 Å². The molecule has 1 rings (SSSR count). The lowest BCUT2D eigenvalue weighted by molar-refractivity contribution is -0.0450. The summed E-state index contributed by atoms with van der Waals surface area (Å²) in [5.41, 5.74) is 0.233. The van der Waals surface area contributed by atoms with Crippen molar-refractivity contribution in [3.8, 4) is 0 Å². The van der Waals surface area contributed by atoms with Crippen LogP contribution in [0.4, 0.5) is 4.39 Å². The zero-order valence-corrected chi connectivity index (χ0v) is 9.37. The van der Waals surface area contributed by atoms with E-state index in [1.165, 1.54) is 12.1 Å². The molecule has 1 aromatic carbocycles. The summed E-state index contributed by atoms with van der Waals surface area (Å²) in [5, 5.41) is 17.1. The minimum atomic E-state index is -1.51. The third-order valence-corrected chi connectivity index (χ3v) is 2.51. The quantitative estimate of drug-likeness (QED) is 0.652. The maximum atomic E-state index is 13.0. The predicted molar refractivity (Wildman–Crippen MR) is 55.9 cm³/mol. The molecule has 0 spiro atoms. The zero-order valence-electron chi connectivity index (χ0n) is 7.78. The second-order valence-corrected chi connectivity index (χ2v) is 3.93. The number of carbonyl (C=O) groups excluding carboxylic acids is 1. The molecule has 0 radical (unpaired) electrons. The summed E-state index contributed by atoms with van der Waals surface area (Å²) >= 11 is 2.97. The van der Waals surface area contributed by atoms with Crippen molar-refractivity contribution in [1.82, 2.24) is 0 Å². The first-order valence-electron chi connectivity index (χ1n) is 4.35. The lowest BCUT2D eigenvalue weighted by Gasteiger charge is -2.03. The van der Waals surface area contributed by atoms with Crippen molar-refractivity contribution in [1.29, 1.82) is 0 Å². The topological polar surface area (TPSA) is 57.5 Å². The summed E-state index contributed by atoms with van der Waals surface area (Å²) in [5.74, 6) is -0.820. The van der Waals surface area contributed by atoms with Gasteiger partial charge in [-0.15, -0.1) is 0 Å². The van der Waals surface area contributed by atoms with Crippen molar-refractivity contribution in [3.05, 3.63) is 34.1 Å². The number of halogens is 2. The van der Waals surface area contributed by atoms with E-state index in [0.29, 0.717) is 4.47 Å². The van der Waals surface area contributed by atoms with Gasteiger partial charge in [0.1, 0.15) is 5.82 Å². The van der Waals surface area contributed by atoms with Crippen molar-refractivity contribution in [3.63, 3.8) is 0 Å². The third-order valence-electron chi connectivity index (χ3n) is 1.87. The first kappa shape index (κ1) is 12.3. The highest BCUT2D eigenvalue weighted by atomic mass is 79.9. The minimum Gasteiger partial charge on any atom is -0.368 e. The molecule has 0 saturated carbocycles. The van der Waals surface area contributed by atoms with E-state index < -0.39 is 12.1 Å². The number of benzene rings is 1. The lowest BCUT2D eigenvalue weighted by atomic mass is 10.1. The Morgan fingerprint density at radius 2 is 2.13 bits per heavy atom. The molecule has 3 nitrogen and oxygen atoms in total. The van der Waals surface area contributed by atoms with Crippen molar-refractivity contribution >= 4 is 21.7 Å². The van der Waals surface area contributed by atoms with Crippen LogP contribution in [0.2, 0.25) is 0 Å². The molecule has 0 amide bonds. The molecule has 0 fully saturated rings. The number of carbonyl (C=O) groups is 1. The van der Waals surface area contributed by atoms with Crippen LogP contribution in [0.25, 0.3) is 0 Å². The van der Waals surface area contributed by atoms with Crippen molar-refractivity contribution in [2.24, 2.45) is 0 Å². The SMILES string of the molecule is O=C(CCC(O)O)c1ccc(Br)c(F)c1. The van der Waals surface area contributed by atoms with E-state index in [9.17, 15) is 9.18 Å². The monoisotopic (exact) mass is 276 g/mol. The van der Waals surface area contributed by atoms with Crippen LogP contribution in [-0.2, 0) is 0 Å². The van der Waals surface area contributed by atoms with E-state index in [1.807, 2.05) is 0 Å². The van der Waals surface area contributed by atoms with Crippen LogP contribution in [0.5, 0.6) is 0 Å². The molecular weight excluding hydrogens is 267 g/mol. The van der Waals surface area contributed by atoms with Crippen LogP contribution in [-0.4, -0.2) is 22.3 Å². The summed E-state index contributed by atoms with van der Waals surface area (Å²) < 4.78 is 13.3. The number of aliphatic hydroxyl groups excluding tert-OH is 1. The fourth-order valence-corrected chi connectivity index (χ4v) is 1.32. The van der Waals surface area contributed by atoms with Gasteiger partial charge in [-0.25, -0.2) is 4.39 Å². The van der Waals surface area contributed by atoms with E-state index in [-0.39, 0.29) is 24.2 Å². The number of hydrogen-bond donors (Lipinski definition) is 2. The Kier molecular flexibility index (Phi) is 4.38. The van der Waals surface area contributed by atoms with Crippen molar-refractivity contribution in [2.45, 2.75) is 19.1 Å². The molecule has 0 saturated heterocycles. The first-order chi connectivity index (χ1) is 7.00. The summed E-state index contributed by atoms with van der Waals surface area (Å²) in [6, 6.07) is 4.05. The maximum Gasteiger partial charge on any atom is 0.163 e. The fraction of sp³-hybridized carbons (Fsp3) is 0.300. The first-order valence-corrected chi connectivity index (χ1v) is 5.14. The summed E-state index contributed by atoms with van der Waals surface area (Å²) in [7, 11) is 0. The smallest absolute Gasteiger partial charge is 0.163 e. The van der Waals surface area contributed by atoms with E-state index in [1.54, 1.807) is 0 Å². The number of aliphatic hydroxyl groups is 2. The number of ketones is 1. The molecule has 1 aromatic rings. The average Bonchev–Trinajstić information content (AvgIpc) is 2.18. The summed E-state index contributed by atoms with van der Waals surface area (Å²) in [6.45, 7) is 0. The zero-order chi connectivity index (χ0) is 11.4. The Morgan fingerprint density at radius 1 is 1.47 bits per heavy atom. The van der Waals surface area contributed by atoms with Crippen molar-refractivity contribution in [2.75, 3.05) is 0 Å². The molecule has 82 valence electrons. The van der Waals surface area contributed by atoms with Crippen LogP contribution in [0.15, 0.2) is 22.7 Å². The lowest BCUT2D eigenvalue weighted by Crippen LogP contribution is -2.08. The summed E-state index contributed by atoms with van der Waals surface area (Å²) in [4.78, 5) is 11.4. The molecule has 15 heavy (non-hydrogen) atoms. The van der Waals surface area contributed by atoms with Crippen LogP contribution in [0.1, 0.15) is 23.2 Å². The highest BCUT2D eigenvalue weighted by molar-refractivity contribution is 9.10. The fourth-order valence-electron chi connectivity index (χ4n) is 1.07. The predicted octanol–water partition coefficient (Wildman–Crippen LogP) is 1.86. The molecule has 2 N–H and O–H groups in total. The van der Waals surface area contributed by atoms with Crippen molar-refractivity contribution < 1.29 is 19.4 Å². The maximum absolute atomic E-state index is 13.0. The van der Waals surface area contributed by atoms with Crippen LogP contribution in [0.3, 0.4) is 0 Å². The average molecular weight is 277 g/mol. The number of Topliss-reactive ketones (excluding diaryl/α,β-unsaturated/α-hetero) is 1. The Hall–Kier alpha value is -0.780. The van der Waals surface area contributed by atoms with E-state index in [4.69, 9.17) is 10.2 Å². The molecular formula is C10H10BrFO3. The molecule has 0 unspecified atom stereocenters. The van der Waals surface area contributed by atoms with Crippen LogP contribution >= 0.6 is 15.9 Å². The summed E-state index contributed by atoms with van der Waals surface area (Å²) in [6.07, 6.45) is -1.57. The van der Waals surface area contributed by atoms with Crippen LogP contribution < -0.4 is 0 Å². The second-order valence-electron chi connectivity index (χ2n) is 3.07. The molecule has 5 heteroatoms. The Morgan fingerprint density at radius 3 is 2.67 bits per heavy atom. The highest BCUT2D eigenvalue weighted by Gasteiger charge is 2.10. The van der Waals surface area contributed by atoms with Gasteiger partial charge in [0.2, 0.25) is 0 Å². The van der Waals surface area contributed by atoms with Gasteiger partial charge in [0.05, 0.1) is 4.47 Å². The van der Waals surface area contributed by atoms with Gasteiger partial charge in [-0.2, -0.15) is 0 Å². The van der Waals surface area contributed by atoms with Gasteiger partial charge in [-0.3, -0.25) is 4.79 Å². The van der Waals surface area contributed by atoms with E-state index in [2.05, 4.69) is 15.9 Å². The normalized spacial score (nSPS) is 10.7. The number of rotatable bonds is 4. The highest BCUT2D eigenvalue weighted by Crippen LogP contribution is 2.17. The standard InChI is InChI=1S/C10H10BrFO3/c11-7-2-1-6(5-8(7)12)9(13)3-4-10(14)15/h1-2,5,10,14-15H,3-4H2. The molecule has 0 atom stereocenters. The Labute approximate surface area is 94.7 Å². The Balaban J connectivity index is 2.70. The largest absolute Gasteiger partial charge is 0.368 e. The Bertz CT molecular complexity index is 366. The number of hydrogen-bond acceptors (Lipinski definition) is 3. The van der Waals surface area contributed by atoms with Gasteiger partial charge < -0.3 is 10.2 Å². The van der Waals surface area contributed by atoms with Gasteiger partial charge in [-0.1, -0.05) is 6.07 Å².